The number of halogens is 2. The molecule has 4 heterocycles. The standard InChI is InChI=1S/C32H35F2N7O.C2H6/c1-17(2)40-14-13-39(16-18(40)3)30-22-15-24(34)28(26-23(33)5-4-6-25(26)35)37-31(22)41(32(42)38-30)29-21(19-7-8-19)11-12-36-27(29)20-9-10-20;1-2/h4-6,11-12,15,17-20H,7-10,13-14,16,35H2,1-3H3;1-2H3/t18-;/m1./s1. The summed E-state index contributed by atoms with van der Waals surface area (Å²) in [6.07, 6.45) is 5.84. The summed E-state index contributed by atoms with van der Waals surface area (Å²) in [6, 6.07) is 8.11. The number of nitrogens with zero attached hydrogens (tertiary/aromatic N) is 6. The van der Waals surface area contributed by atoms with Crippen molar-refractivity contribution < 1.29 is 8.78 Å². The van der Waals surface area contributed by atoms with E-state index in [-0.39, 0.29) is 34.6 Å². The van der Waals surface area contributed by atoms with Crippen LogP contribution in [0.2, 0.25) is 0 Å². The van der Waals surface area contributed by atoms with E-state index in [4.69, 9.17) is 15.7 Å². The highest BCUT2D eigenvalue weighted by molar-refractivity contribution is 5.91. The molecule has 232 valence electrons. The van der Waals surface area contributed by atoms with Crippen molar-refractivity contribution in [2.75, 3.05) is 30.3 Å². The Bertz CT molecular complexity index is 1710. The van der Waals surface area contributed by atoms with Crippen LogP contribution >= 0.6 is 0 Å². The van der Waals surface area contributed by atoms with Crippen LogP contribution < -0.4 is 16.3 Å². The number of pyridine rings is 2. The van der Waals surface area contributed by atoms with Crippen molar-refractivity contribution in [3.05, 3.63) is 69.9 Å². The summed E-state index contributed by atoms with van der Waals surface area (Å²) < 4.78 is 32.6. The summed E-state index contributed by atoms with van der Waals surface area (Å²) in [5, 5.41) is 0.406. The second-order valence-electron chi connectivity index (χ2n) is 12.3. The third-order valence-corrected chi connectivity index (χ3v) is 8.91. The molecule has 7 rings (SSSR count). The van der Waals surface area contributed by atoms with Crippen molar-refractivity contribution in [2.45, 2.75) is 84.2 Å². The molecule has 1 saturated heterocycles. The maximum absolute atomic E-state index is 16.0. The Hall–Kier alpha value is -3.92. The van der Waals surface area contributed by atoms with Crippen LogP contribution in [0.3, 0.4) is 0 Å². The number of fused-ring (bicyclic) bond motifs is 1. The Labute approximate surface area is 256 Å². The predicted molar refractivity (Wildman–Crippen MR) is 172 cm³/mol. The zero-order chi connectivity index (χ0) is 31.3. The zero-order valence-corrected chi connectivity index (χ0v) is 26.1. The summed E-state index contributed by atoms with van der Waals surface area (Å²) in [5.74, 6) is -0.453. The van der Waals surface area contributed by atoms with Crippen molar-refractivity contribution in [1.29, 1.82) is 0 Å². The van der Waals surface area contributed by atoms with Gasteiger partial charge in [-0.3, -0.25) is 9.88 Å². The summed E-state index contributed by atoms with van der Waals surface area (Å²) in [6.45, 7) is 12.5. The van der Waals surface area contributed by atoms with Crippen LogP contribution in [0.5, 0.6) is 0 Å². The lowest BCUT2D eigenvalue weighted by Crippen LogP contribution is -2.54. The molecule has 3 fully saturated rings. The van der Waals surface area contributed by atoms with Crippen LogP contribution in [0.25, 0.3) is 28.0 Å². The third kappa shape index (κ3) is 5.33. The van der Waals surface area contributed by atoms with Gasteiger partial charge in [0.05, 0.1) is 22.3 Å². The molecule has 0 radical (unpaired) electrons. The fourth-order valence-corrected chi connectivity index (χ4v) is 6.55. The molecule has 1 aromatic carbocycles. The Morgan fingerprint density at radius 2 is 1.70 bits per heavy atom. The van der Waals surface area contributed by atoms with Gasteiger partial charge in [-0.2, -0.15) is 4.98 Å². The van der Waals surface area contributed by atoms with Crippen LogP contribution in [0.15, 0.2) is 41.3 Å². The van der Waals surface area contributed by atoms with E-state index in [9.17, 15) is 4.79 Å². The number of hydrogen-bond donors (Lipinski definition) is 1. The van der Waals surface area contributed by atoms with Crippen LogP contribution in [0, 0.1) is 11.6 Å². The van der Waals surface area contributed by atoms with Crippen LogP contribution in [0.1, 0.15) is 83.4 Å². The van der Waals surface area contributed by atoms with E-state index in [0.717, 1.165) is 43.5 Å². The maximum atomic E-state index is 16.0. The summed E-state index contributed by atoms with van der Waals surface area (Å²) in [5.41, 5.74) is 8.16. The lowest BCUT2D eigenvalue weighted by atomic mass is 10.0. The topological polar surface area (TPSA) is 93.2 Å². The van der Waals surface area contributed by atoms with Gasteiger partial charge >= 0.3 is 5.69 Å². The van der Waals surface area contributed by atoms with Crippen LogP contribution in [0.4, 0.5) is 20.3 Å². The van der Waals surface area contributed by atoms with Gasteiger partial charge in [-0.05, 0) is 82.2 Å². The first-order valence-electron chi connectivity index (χ1n) is 15.9. The van der Waals surface area contributed by atoms with E-state index in [1.54, 1.807) is 0 Å². The van der Waals surface area contributed by atoms with E-state index in [2.05, 4.69) is 30.7 Å². The molecule has 2 N–H and O–H groups in total. The highest BCUT2D eigenvalue weighted by atomic mass is 19.1. The van der Waals surface area contributed by atoms with Gasteiger partial charge in [0.25, 0.3) is 0 Å². The zero-order valence-electron chi connectivity index (χ0n) is 26.1. The molecule has 1 atom stereocenters. The number of piperazine rings is 1. The van der Waals surface area contributed by atoms with Gasteiger partial charge in [0.1, 0.15) is 17.3 Å². The van der Waals surface area contributed by atoms with E-state index in [0.29, 0.717) is 41.9 Å². The second kappa shape index (κ2) is 11.9. The second-order valence-corrected chi connectivity index (χ2v) is 12.3. The molecule has 2 saturated carbocycles. The third-order valence-electron chi connectivity index (χ3n) is 8.91. The van der Waals surface area contributed by atoms with Crippen molar-refractivity contribution in [2.24, 2.45) is 0 Å². The Morgan fingerprint density at radius 1 is 0.977 bits per heavy atom. The van der Waals surface area contributed by atoms with Gasteiger partial charge in [-0.1, -0.05) is 19.9 Å². The van der Waals surface area contributed by atoms with E-state index in [1.807, 2.05) is 31.0 Å². The SMILES string of the molecule is CC.CC(C)N1CCN(c2nc(=O)n(-c3c(C4CC4)ccnc3C3CC3)c3nc(-c4c(N)cccc4F)c(F)cc23)C[C@H]1C. The molecule has 44 heavy (non-hydrogen) atoms. The molecule has 4 aromatic rings. The molecule has 3 aliphatic rings. The Balaban J connectivity index is 0.00000168. The van der Waals surface area contributed by atoms with Gasteiger partial charge in [0.2, 0.25) is 0 Å². The monoisotopic (exact) mass is 601 g/mol. The van der Waals surface area contributed by atoms with Crippen LogP contribution in [-0.2, 0) is 0 Å². The first-order valence-corrected chi connectivity index (χ1v) is 15.9. The molecule has 0 unspecified atom stereocenters. The molecule has 3 aromatic heterocycles. The first-order chi connectivity index (χ1) is 21.2. The number of benzene rings is 1. The minimum Gasteiger partial charge on any atom is -0.398 e. The average molecular weight is 602 g/mol. The molecule has 0 bridgehead atoms. The lowest BCUT2D eigenvalue weighted by molar-refractivity contribution is 0.148. The lowest BCUT2D eigenvalue weighted by Gasteiger charge is -2.42. The minimum atomic E-state index is -0.725. The number of nitrogen functional groups attached to an aromatic ring is 1. The fourth-order valence-electron chi connectivity index (χ4n) is 6.55. The fraction of sp³-hybridized carbons (Fsp3) is 0.471. The van der Waals surface area contributed by atoms with Crippen molar-refractivity contribution in [1.82, 2.24) is 24.4 Å². The average Bonchev–Trinajstić information content (AvgIpc) is 3.92. The normalized spacial score (nSPS) is 18.9. The first kappa shape index (κ1) is 30.1. The van der Waals surface area contributed by atoms with Gasteiger partial charge in [-0.15, -0.1) is 0 Å². The van der Waals surface area contributed by atoms with Crippen LogP contribution in [-0.4, -0.2) is 56.1 Å². The van der Waals surface area contributed by atoms with E-state index < -0.39 is 17.3 Å². The van der Waals surface area contributed by atoms with Gasteiger partial charge in [0.15, 0.2) is 11.5 Å². The number of nitrogens with two attached hydrogens (primary N) is 1. The molecule has 1 aliphatic heterocycles. The van der Waals surface area contributed by atoms with Crippen molar-refractivity contribution in [3.8, 4) is 16.9 Å². The molecule has 10 heteroatoms. The molecular formula is C34H41F2N7O. The number of aromatic nitrogens is 4. The summed E-state index contributed by atoms with van der Waals surface area (Å²) >= 11 is 0. The van der Waals surface area contributed by atoms with Gasteiger partial charge in [0, 0.05) is 49.5 Å². The quantitative estimate of drug-likeness (QED) is 0.256. The van der Waals surface area contributed by atoms with Crippen molar-refractivity contribution in [3.63, 3.8) is 0 Å². The largest absolute Gasteiger partial charge is 0.398 e. The van der Waals surface area contributed by atoms with Gasteiger partial charge in [-0.25, -0.2) is 23.1 Å². The predicted octanol–water partition coefficient (Wildman–Crippen LogP) is 6.40. The van der Waals surface area contributed by atoms with Gasteiger partial charge < -0.3 is 10.6 Å². The molecular weight excluding hydrogens is 560 g/mol. The highest BCUT2D eigenvalue weighted by Crippen LogP contribution is 2.48. The molecule has 8 nitrogen and oxygen atoms in total. The Kier molecular flexibility index (Phi) is 8.13. The number of rotatable bonds is 6. The Morgan fingerprint density at radius 3 is 2.34 bits per heavy atom. The number of hydrogen-bond acceptors (Lipinski definition) is 7. The summed E-state index contributed by atoms with van der Waals surface area (Å²) in [7, 11) is 0. The van der Waals surface area contributed by atoms with E-state index in [1.165, 1.54) is 28.8 Å². The van der Waals surface area contributed by atoms with Crippen molar-refractivity contribution >= 4 is 22.5 Å². The molecule has 2 aliphatic carbocycles. The summed E-state index contributed by atoms with van der Waals surface area (Å²) in [4.78, 5) is 32.7. The smallest absolute Gasteiger partial charge is 0.355 e. The number of anilines is 2. The molecule has 0 amide bonds. The minimum absolute atomic E-state index is 0.0706. The molecule has 0 spiro atoms. The van der Waals surface area contributed by atoms with E-state index >= 15 is 8.78 Å². The maximum Gasteiger partial charge on any atom is 0.355 e. The highest BCUT2D eigenvalue weighted by Gasteiger charge is 2.36.